The lowest BCUT2D eigenvalue weighted by molar-refractivity contribution is 0.474. The van der Waals surface area contributed by atoms with Gasteiger partial charge < -0.3 is 10.4 Å². The predicted molar refractivity (Wildman–Crippen MR) is 90.8 cm³/mol. The van der Waals surface area contributed by atoms with Crippen molar-refractivity contribution in [3.05, 3.63) is 59.7 Å². The number of aromatic hydroxyl groups is 1. The van der Waals surface area contributed by atoms with Gasteiger partial charge in [0.25, 0.3) is 0 Å². The summed E-state index contributed by atoms with van der Waals surface area (Å²) in [5.41, 5.74) is 4.01. The fraction of sp³-hybridized carbons (Fsp3) is 0.278. The van der Waals surface area contributed by atoms with Crippen LogP contribution in [0.4, 0.5) is 5.69 Å². The highest BCUT2D eigenvalue weighted by atomic mass is 16.3. The first-order valence-corrected chi connectivity index (χ1v) is 7.28. The Kier molecular flexibility index (Phi) is 7.19. The topological polar surface area (TPSA) is 44.6 Å². The van der Waals surface area contributed by atoms with Crippen LogP contribution in [0.2, 0.25) is 0 Å². The monoisotopic (exact) mass is 284 g/mol. The molecule has 2 N–H and O–H groups in total. The Hall–Kier alpha value is -2.13. The maximum Gasteiger partial charge on any atom is 0.124 e. The normalized spacial score (nSPS) is 11.3. The second-order valence-electron chi connectivity index (χ2n) is 4.38. The first-order chi connectivity index (χ1) is 10.3. The van der Waals surface area contributed by atoms with Crippen molar-refractivity contribution in [1.82, 2.24) is 5.32 Å². The zero-order valence-electron chi connectivity index (χ0n) is 13.2. The molecule has 3 nitrogen and oxygen atoms in total. The van der Waals surface area contributed by atoms with Crippen LogP contribution in [0.1, 0.15) is 25.0 Å². The molecule has 0 saturated carbocycles. The lowest BCUT2D eigenvalue weighted by atomic mass is 10.0. The molecule has 3 heteroatoms. The summed E-state index contributed by atoms with van der Waals surface area (Å²) in [6.45, 7) is 4.00. The summed E-state index contributed by atoms with van der Waals surface area (Å²) in [6, 6.07) is 15.4. The SMILES string of the molecule is CC.CNC.Oc1ccccc1C1=Nc2ccccc2C1. The Labute approximate surface area is 127 Å². The van der Waals surface area contributed by atoms with Crippen molar-refractivity contribution in [3.63, 3.8) is 0 Å². The zero-order valence-corrected chi connectivity index (χ0v) is 13.2. The molecule has 1 aliphatic heterocycles. The van der Waals surface area contributed by atoms with Crippen molar-refractivity contribution >= 4 is 11.4 Å². The van der Waals surface area contributed by atoms with Gasteiger partial charge in [-0.1, -0.05) is 44.2 Å². The van der Waals surface area contributed by atoms with E-state index in [4.69, 9.17) is 0 Å². The quantitative estimate of drug-likeness (QED) is 0.833. The number of fused-ring (bicyclic) bond motifs is 1. The van der Waals surface area contributed by atoms with Crippen LogP contribution in [0.5, 0.6) is 5.75 Å². The van der Waals surface area contributed by atoms with Crippen LogP contribution in [-0.4, -0.2) is 24.9 Å². The van der Waals surface area contributed by atoms with Crippen LogP contribution in [0, 0.1) is 0 Å². The van der Waals surface area contributed by atoms with Crippen LogP contribution >= 0.6 is 0 Å². The van der Waals surface area contributed by atoms with Gasteiger partial charge in [-0.3, -0.25) is 4.99 Å². The van der Waals surface area contributed by atoms with Gasteiger partial charge in [0.2, 0.25) is 0 Å². The molecule has 0 unspecified atom stereocenters. The van der Waals surface area contributed by atoms with Gasteiger partial charge in [0.1, 0.15) is 5.75 Å². The molecule has 2 aromatic carbocycles. The van der Waals surface area contributed by atoms with Gasteiger partial charge in [0, 0.05) is 12.0 Å². The summed E-state index contributed by atoms with van der Waals surface area (Å²) in [6.07, 6.45) is 0.799. The largest absolute Gasteiger partial charge is 0.507 e. The van der Waals surface area contributed by atoms with E-state index in [0.717, 1.165) is 23.4 Å². The molecule has 2 aromatic rings. The first kappa shape index (κ1) is 16.9. The highest BCUT2D eigenvalue weighted by Gasteiger charge is 2.17. The first-order valence-electron chi connectivity index (χ1n) is 7.28. The van der Waals surface area contributed by atoms with Crippen molar-refractivity contribution in [2.24, 2.45) is 4.99 Å². The van der Waals surface area contributed by atoms with Gasteiger partial charge in [-0.2, -0.15) is 0 Å². The number of hydrogen-bond acceptors (Lipinski definition) is 3. The number of phenolic OH excluding ortho intramolecular Hbond substituents is 1. The molecule has 1 heterocycles. The summed E-state index contributed by atoms with van der Waals surface area (Å²) in [4.78, 5) is 4.54. The number of para-hydroxylation sites is 2. The van der Waals surface area contributed by atoms with E-state index in [1.54, 1.807) is 6.07 Å². The Morgan fingerprint density at radius 2 is 1.52 bits per heavy atom. The van der Waals surface area contributed by atoms with Gasteiger partial charge in [0.05, 0.1) is 11.4 Å². The lowest BCUT2D eigenvalue weighted by Crippen LogP contribution is -2.00. The fourth-order valence-corrected chi connectivity index (χ4v) is 2.01. The Morgan fingerprint density at radius 1 is 0.952 bits per heavy atom. The summed E-state index contributed by atoms with van der Waals surface area (Å²) >= 11 is 0. The molecular weight excluding hydrogens is 260 g/mol. The highest BCUT2D eigenvalue weighted by Crippen LogP contribution is 2.30. The standard InChI is InChI=1S/C14H11NO.C2H7N.C2H6/c16-14-8-4-2-6-11(14)13-9-10-5-1-3-7-12(10)15-13;1-3-2;1-2/h1-8,16H,9H2;3H,1-2H3;1-2H3. The van der Waals surface area contributed by atoms with Crippen LogP contribution in [-0.2, 0) is 6.42 Å². The van der Waals surface area contributed by atoms with E-state index < -0.39 is 0 Å². The predicted octanol–water partition coefficient (Wildman–Crippen LogP) is 3.93. The van der Waals surface area contributed by atoms with Gasteiger partial charge in [0.15, 0.2) is 0 Å². The third-order valence-corrected chi connectivity index (χ3v) is 2.82. The van der Waals surface area contributed by atoms with E-state index in [1.165, 1.54) is 5.56 Å². The van der Waals surface area contributed by atoms with Crippen LogP contribution in [0.3, 0.4) is 0 Å². The van der Waals surface area contributed by atoms with Gasteiger partial charge in [-0.05, 0) is 37.9 Å². The summed E-state index contributed by atoms with van der Waals surface area (Å²) < 4.78 is 0. The molecule has 0 atom stereocenters. The van der Waals surface area contributed by atoms with Crippen molar-refractivity contribution < 1.29 is 5.11 Å². The van der Waals surface area contributed by atoms with E-state index in [0.29, 0.717) is 5.75 Å². The molecule has 3 rings (SSSR count). The van der Waals surface area contributed by atoms with Crippen molar-refractivity contribution in [2.75, 3.05) is 14.1 Å². The van der Waals surface area contributed by atoms with E-state index in [9.17, 15) is 5.11 Å². The molecule has 0 spiro atoms. The smallest absolute Gasteiger partial charge is 0.124 e. The number of phenols is 1. The molecule has 0 aliphatic carbocycles. The summed E-state index contributed by atoms with van der Waals surface area (Å²) in [5, 5.41) is 12.5. The maximum absolute atomic E-state index is 9.77. The van der Waals surface area contributed by atoms with Crippen LogP contribution in [0.25, 0.3) is 0 Å². The van der Waals surface area contributed by atoms with Gasteiger partial charge in [-0.25, -0.2) is 0 Å². The number of benzene rings is 2. The third-order valence-electron chi connectivity index (χ3n) is 2.82. The molecular formula is C18H24N2O. The molecule has 0 radical (unpaired) electrons. The van der Waals surface area contributed by atoms with Crippen molar-refractivity contribution in [1.29, 1.82) is 0 Å². The second kappa shape index (κ2) is 8.93. The minimum absolute atomic E-state index is 0.300. The molecule has 21 heavy (non-hydrogen) atoms. The number of nitrogens with one attached hydrogen (secondary N) is 1. The third kappa shape index (κ3) is 4.43. The van der Waals surface area contributed by atoms with Crippen molar-refractivity contribution in [3.8, 4) is 5.75 Å². The molecule has 112 valence electrons. The Balaban J connectivity index is 0.000000395. The maximum atomic E-state index is 9.77. The second-order valence-corrected chi connectivity index (χ2v) is 4.38. The highest BCUT2D eigenvalue weighted by molar-refractivity contribution is 6.08. The van der Waals surface area contributed by atoms with Crippen molar-refractivity contribution in [2.45, 2.75) is 20.3 Å². The van der Waals surface area contributed by atoms with E-state index >= 15 is 0 Å². The Morgan fingerprint density at radius 3 is 2.14 bits per heavy atom. The molecule has 0 bridgehead atoms. The fourth-order valence-electron chi connectivity index (χ4n) is 2.01. The molecule has 0 amide bonds. The van der Waals surface area contributed by atoms with E-state index in [-0.39, 0.29) is 0 Å². The average Bonchev–Trinajstić information content (AvgIpc) is 2.94. The van der Waals surface area contributed by atoms with Crippen LogP contribution in [0.15, 0.2) is 53.5 Å². The molecule has 0 saturated heterocycles. The minimum Gasteiger partial charge on any atom is -0.507 e. The molecule has 0 aromatic heterocycles. The zero-order chi connectivity index (χ0) is 15.7. The number of rotatable bonds is 1. The van der Waals surface area contributed by atoms with E-state index in [2.05, 4.69) is 16.4 Å². The molecule has 1 aliphatic rings. The average molecular weight is 284 g/mol. The number of hydrogen-bond donors (Lipinski definition) is 2. The molecule has 0 fully saturated rings. The van der Waals surface area contributed by atoms with E-state index in [1.807, 2.05) is 64.3 Å². The van der Waals surface area contributed by atoms with Crippen LogP contribution < -0.4 is 5.32 Å². The summed E-state index contributed by atoms with van der Waals surface area (Å²) in [5.74, 6) is 0.300. The Bertz CT molecular complexity index is 591. The number of aliphatic imine (C=N–C) groups is 1. The summed E-state index contributed by atoms with van der Waals surface area (Å²) in [7, 11) is 3.75. The van der Waals surface area contributed by atoms with Gasteiger partial charge in [-0.15, -0.1) is 0 Å². The van der Waals surface area contributed by atoms with Gasteiger partial charge >= 0.3 is 0 Å². The minimum atomic E-state index is 0.300. The number of nitrogens with zero attached hydrogens (tertiary/aromatic N) is 1. The lowest BCUT2D eigenvalue weighted by Gasteiger charge is -2.02.